The lowest BCUT2D eigenvalue weighted by Crippen LogP contribution is -2.54. The van der Waals surface area contributed by atoms with Gasteiger partial charge in [0.15, 0.2) is 0 Å². The zero-order valence-corrected chi connectivity index (χ0v) is 19.9. The summed E-state index contributed by atoms with van der Waals surface area (Å²) < 4.78 is 15.7. The van der Waals surface area contributed by atoms with Gasteiger partial charge in [-0.25, -0.2) is 14.4 Å². The Kier molecular flexibility index (Phi) is 14.3. The Bertz CT molecular complexity index is 579. The molecule has 0 saturated carbocycles. The first-order valence-electron chi connectivity index (χ1n) is 10.9. The summed E-state index contributed by atoms with van der Waals surface area (Å²) >= 11 is 0. The molecular weight excluding hydrogens is 400 g/mol. The molecule has 1 amide bonds. The molecule has 0 unspecified atom stereocenters. The highest BCUT2D eigenvalue weighted by Crippen LogP contribution is 2.10. The summed E-state index contributed by atoms with van der Waals surface area (Å²) in [4.78, 5) is 38.1. The number of amides is 1. The van der Waals surface area contributed by atoms with Gasteiger partial charge in [-0.3, -0.25) is 4.90 Å². The monoisotopic (exact) mass is 440 g/mol. The van der Waals surface area contributed by atoms with E-state index in [4.69, 9.17) is 14.2 Å². The van der Waals surface area contributed by atoms with Crippen LogP contribution in [0, 0.1) is 0 Å². The van der Waals surface area contributed by atoms with Crippen molar-refractivity contribution in [3.8, 4) is 0 Å². The Balaban J connectivity index is 4.84. The van der Waals surface area contributed by atoms with E-state index >= 15 is 0 Å². The van der Waals surface area contributed by atoms with E-state index in [0.29, 0.717) is 6.54 Å². The second kappa shape index (κ2) is 15.5. The average molecular weight is 441 g/mol. The first-order valence-corrected chi connectivity index (χ1v) is 10.9. The van der Waals surface area contributed by atoms with Crippen molar-refractivity contribution in [2.24, 2.45) is 0 Å². The van der Waals surface area contributed by atoms with Crippen molar-refractivity contribution < 1.29 is 28.6 Å². The molecule has 8 heteroatoms. The molecule has 0 rings (SSSR count). The van der Waals surface area contributed by atoms with Crippen molar-refractivity contribution in [2.75, 3.05) is 39.5 Å². The molecule has 0 heterocycles. The van der Waals surface area contributed by atoms with Crippen molar-refractivity contribution in [1.29, 1.82) is 0 Å². The number of unbranched alkanes of at least 4 members (excludes halogenated alkanes) is 2. The summed E-state index contributed by atoms with van der Waals surface area (Å²) in [5, 5.41) is 2.65. The molecule has 0 aliphatic carbocycles. The molecule has 0 atom stereocenters. The van der Waals surface area contributed by atoms with Crippen LogP contribution in [0.3, 0.4) is 0 Å². The van der Waals surface area contributed by atoms with Gasteiger partial charge in [-0.15, -0.1) is 0 Å². The van der Waals surface area contributed by atoms with E-state index in [0.717, 1.165) is 38.8 Å². The predicted octanol–water partition coefficient (Wildman–Crippen LogP) is 3.61. The molecule has 0 aromatic heterocycles. The molecule has 1 N–H and O–H groups in total. The third-order valence-corrected chi connectivity index (χ3v) is 4.44. The van der Waals surface area contributed by atoms with E-state index < -0.39 is 23.6 Å². The zero-order chi connectivity index (χ0) is 23.9. The molecule has 0 aromatic carbocycles. The number of nitrogens with zero attached hydrogens (tertiary/aromatic N) is 1. The lowest BCUT2D eigenvalue weighted by Gasteiger charge is -2.29. The van der Waals surface area contributed by atoms with Crippen LogP contribution in [-0.2, 0) is 23.8 Å². The molecule has 0 bridgehead atoms. The molecule has 0 aliphatic heterocycles. The summed E-state index contributed by atoms with van der Waals surface area (Å²) in [7, 11) is 0. The van der Waals surface area contributed by atoms with Gasteiger partial charge in [0.2, 0.25) is 0 Å². The van der Waals surface area contributed by atoms with Crippen LogP contribution in [0.1, 0.15) is 60.3 Å². The fourth-order valence-electron chi connectivity index (χ4n) is 2.46. The largest absolute Gasteiger partial charge is 0.460 e. The van der Waals surface area contributed by atoms with Gasteiger partial charge < -0.3 is 19.5 Å². The minimum absolute atomic E-state index is 0.212. The molecule has 0 saturated heterocycles. The third-order valence-electron chi connectivity index (χ3n) is 4.44. The molecule has 31 heavy (non-hydrogen) atoms. The summed E-state index contributed by atoms with van der Waals surface area (Å²) in [6.07, 6.45) is 3.72. The molecule has 0 radical (unpaired) electrons. The average Bonchev–Trinajstić information content (AvgIpc) is 2.71. The van der Waals surface area contributed by atoms with Crippen LogP contribution in [0.15, 0.2) is 24.3 Å². The maximum atomic E-state index is 12.4. The van der Waals surface area contributed by atoms with Crippen LogP contribution in [0.25, 0.3) is 0 Å². The van der Waals surface area contributed by atoms with Crippen LogP contribution >= 0.6 is 0 Å². The Morgan fingerprint density at radius 3 is 1.68 bits per heavy atom. The highest BCUT2D eigenvalue weighted by atomic mass is 16.6. The van der Waals surface area contributed by atoms with Crippen molar-refractivity contribution in [3.05, 3.63) is 24.3 Å². The summed E-state index contributed by atoms with van der Waals surface area (Å²) in [6.45, 7) is 18.3. The highest BCUT2D eigenvalue weighted by molar-refractivity contribution is 5.87. The van der Waals surface area contributed by atoms with Gasteiger partial charge in [0, 0.05) is 17.7 Å². The van der Waals surface area contributed by atoms with Gasteiger partial charge in [-0.05, 0) is 46.7 Å². The number of esters is 2. The van der Waals surface area contributed by atoms with Crippen LogP contribution in [0.4, 0.5) is 4.79 Å². The molecular formula is C23H40N2O6. The minimum atomic E-state index is -1.17. The SMILES string of the molecule is C=C(C)C(=O)OCC(C)(COC(=O)C(=C)C)NC(=O)OCCN(CCCC)CCCC. The third kappa shape index (κ3) is 13.5. The molecule has 0 spiro atoms. The smallest absolute Gasteiger partial charge is 0.407 e. The summed E-state index contributed by atoms with van der Waals surface area (Å²) in [5.41, 5.74) is -0.719. The van der Waals surface area contributed by atoms with Crippen LogP contribution < -0.4 is 5.32 Å². The van der Waals surface area contributed by atoms with Gasteiger partial charge in [0.1, 0.15) is 25.4 Å². The van der Waals surface area contributed by atoms with Gasteiger partial charge in [0.05, 0.1) is 0 Å². The minimum Gasteiger partial charge on any atom is -0.460 e. The Morgan fingerprint density at radius 2 is 1.29 bits per heavy atom. The summed E-state index contributed by atoms with van der Waals surface area (Å²) in [5.74, 6) is -1.20. The number of hydrogen-bond donors (Lipinski definition) is 1. The van der Waals surface area contributed by atoms with Crippen molar-refractivity contribution >= 4 is 18.0 Å². The zero-order valence-electron chi connectivity index (χ0n) is 19.9. The number of carbonyl (C=O) groups is 3. The highest BCUT2D eigenvalue weighted by Gasteiger charge is 2.31. The first kappa shape index (κ1) is 28.6. The quantitative estimate of drug-likeness (QED) is 0.223. The van der Waals surface area contributed by atoms with Crippen LogP contribution in [0.5, 0.6) is 0 Å². The molecule has 178 valence electrons. The van der Waals surface area contributed by atoms with Crippen LogP contribution in [-0.4, -0.2) is 67.9 Å². The van der Waals surface area contributed by atoms with Crippen LogP contribution in [0.2, 0.25) is 0 Å². The fourth-order valence-corrected chi connectivity index (χ4v) is 2.46. The van der Waals surface area contributed by atoms with Crippen molar-refractivity contribution in [2.45, 2.75) is 65.8 Å². The second-order valence-corrected chi connectivity index (χ2v) is 8.08. The van der Waals surface area contributed by atoms with Gasteiger partial charge >= 0.3 is 18.0 Å². The lowest BCUT2D eigenvalue weighted by molar-refractivity contribution is -0.145. The number of carbonyl (C=O) groups excluding carboxylic acids is 3. The fraction of sp³-hybridized carbons (Fsp3) is 0.696. The molecule has 8 nitrogen and oxygen atoms in total. The number of rotatable bonds is 16. The Morgan fingerprint density at radius 1 is 0.839 bits per heavy atom. The maximum Gasteiger partial charge on any atom is 0.407 e. The summed E-state index contributed by atoms with van der Waals surface area (Å²) in [6, 6.07) is 0. The number of ether oxygens (including phenoxy) is 3. The first-order chi connectivity index (χ1) is 14.5. The second-order valence-electron chi connectivity index (χ2n) is 8.08. The Labute approximate surface area is 187 Å². The Hall–Kier alpha value is -2.35. The molecule has 0 aromatic rings. The van der Waals surface area contributed by atoms with E-state index in [1.165, 1.54) is 13.8 Å². The van der Waals surface area contributed by atoms with E-state index in [1.807, 2.05) is 0 Å². The number of nitrogens with one attached hydrogen (secondary N) is 1. The topological polar surface area (TPSA) is 94.2 Å². The molecule has 0 aliphatic rings. The standard InChI is InChI=1S/C23H40N2O6/c1-8-10-12-25(13-11-9-2)14-15-29-22(28)24-23(7,16-30-20(26)18(3)4)17-31-21(27)19(5)6/h3,5,8-17H2,1-2,4,6-7H3,(H,24,28). The van der Waals surface area contributed by atoms with Crippen molar-refractivity contribution in [1.82, 2.24) is 10.2 Å². The van der Waals surface area contributed by atoms with E-state index in [9.17, 15) is 14.4 Å². The number of alkyl carbamates (subject to hydrolysis) is 1. The van der Waals surface area contributed by atoms with Gasteiger partial charge in [-0.2, -0.15) is 0 Å². The van der Waals surface area contributed by atoms with Crippen molar-refractivity contribution in [3.63, 3.8) is 0 Å². The van der Waals surface area contributed by atoms with E-state index in [1.54, 1.807) is 6.92 Å². The van der Waals surface area contributed by atoms with Gasteiger partial charge in [-0.1, -0.05) is 39.8 Å². The maximum absolute atomic E-state index is 12.4. The van der Waals surface area contributed by atoms with E-state index in [-0.39, 0.29) is 31.0 Å². The lowest BCUT2D eigenvalue weighted by atomic mass is 10.1. The normalized spacial score (nSPS) is 11.0. The van der Waals surface area contributed by atoms with Gasteiger partial charge in [0.25, 0.3) is 0 Å². The number of hydrogen-bond acceptors (Lipinski definition) is 7. The van der Waals surface area contributed by atoms with E-state index in [2.05, 4.69) is 37.2 Å². The predicted molar refractivity (Wildman–Crippen MR) is 121 cm³/mol. The molecule has 0 fully saturated rings.